The van der Waals surface area contributed by atoms with E-state index in [0.717, 1.165) is 24.1 Å². The summed E-state index contributed by atoms with van der Waals surface area (Å²) in [7, 11) is 0. The van der Waals surface area contributed by atoms with Crippen molar-refractivity contribution in [2.24, 2.45) is 11.8 Å². The average Bonchev–Trinajstić information content (AvgIpc) is 2.89. The van der Waals surface area contributed by atoms with Gasteiger partial charge >= 0.3 is 5.97 Å². The number of aromatic nitrogens is 1. The van der Waals surface area contributed by atoms with E-state index in [1.165, 1.54) is 30.6 Å². The molecule has 2 N–H and O–H groups in total. The third-order valence-corrected chi connectivity index (χ3v) is 4.37. The van der Waals surface area contributed by atoms with Gasteiger partial charge in [-0.25, -0.2) is 9.78 Å². The fourth-order valence-electron chi connectivity index (χ4n) is 2.40. The summed E-state index contributed by atoms with van der Waals surface area (Å²) in [6.07, 6.45) is 3.99. The Bertz CT molecular complexity index is 392. The topological polar surface area (TPSA) is 62.2 Å². The van der Waals surface area contributed by atoms with Crippen molar-refractivity contribution in [1.82, 2.24) is 10.3 Å². The highest BCUT2D eigenvalue weighted by molar-refractivity contribution is 7.11. The highest BCUT2D eigenvalue weighted by atomic mass is 32.1. The molecule has 0 radical (unpaired) electrons. The second kappa shape index (κ2) is 5.60. The van der Waals surface area contributed by atoms with E-state index in [9.17, 15) is 4.79 Å². The molecule has 5 heteroatoms. The minimum absolute atomic E-state index is 0.177. The molecule has 17 heavy (non-hydrogen) atoms. The molecule has 1 fully saturated rings. The van der Waals surface area contributed by atoms with Crippen molar-refractivity contribution in [3.63, 3.8) is 0 Å². The predicted molar refractivity (Wildman–Crippen MR) is 67.3 cm³/mol. The SMILES string of the molecule is CC1CCCC1CNCc1csc(C(=O)O)n1. The summed E-state index contributed by atoms with van der Waals surface area (Å²) in [5.41, 5.74) is 0.832. The van der Waals surface area contributed by atoms with E-state index in [-0.39, 0.29) is 5.01 Å². The number of carboxylic acids is 1. The van der Waals surface area contributed by atoms with Gasteiger partial charge in [0.25, 0.3) is 0 Å². The zero-order valence-electron chi connectivity index (χ0n) is 9.98. The lowest BCUT2D eigenvalue weighted by atomic mass is 9.98. The zero-order chi connectivity index (χ0) is 12.3. The molecule has 0 aliphatic heterocycles. The van der Waals surface area contributed by atoms with E-state index in [2.05, 4.69) is 17.2 Å². The van der Waals surface area contributed by atoms with Crippen LogP contribution >= 0.6 is 11.3 Å². The van der Waals surface area contributed by atoms with Crippen molar-refractivity contribution in [3.8, 4) is 0 Å². The molecule has 1 heterocycles. The quantitative estimate of drug-likeness (QED) is 0.846. The molecule has 1 aliphatic rings. The van der Waals surface area contributed by atoms with Gasteiger partial charge < -0.3 is 10.4 Å². The van der Waals surface area contributed by atoms with Crippen LogP contribution in [0.3, 0.4) is 0 Å². The van der Waals surface area contributed by atoms with Crippen molar-refractivity contribution in [1.29, 1.82) is 0 Å². The number of rotatable bonds is 5. The Morgan fingerprint density at radius 2 is 2.47 bits per heavy atom. The summed E-state index contributed by atoms with van der Waals surface area (Å²) in [5, 5.41) is 14.1. The van der Waals surface area contributed by atoms with Gasteiger partial charge in [0.1, 0.15) is 0 Å². The van der Waals surface area contributed by atoms with Gasteiger partial charge in [-0.15, -0.1) is 11.3 Å². The second-order valence-electron chi connectivity index (χ2n) is 4.75. The van der Waals surface area contributed by atoms with Crippen LogP contribution in [0.1, 0.15) is 41.7 Å². The van der Waals surface area contributed by atoms with Gasteiger partial charge in [0, 0.05) is 11.9 Å². The van der Waals surface area contributed by atoms with Gasteiger partial charge in [0.05, 0.1) is 5.69 Å². The Morgan fingerprint density at radius 1 is 1.65 bits per heavy atom. The molecule has 4 nitrogen and oxygen atoms in total. The Morgan fingerprint density at radius 3 is 3.06 bits per heavy atom. The summed E-state index contributed by atoms with van der Waals surface area (Å²) in [5.74, 6) is 0.644. The smallest absolute Gasteiger partial charge is 0.365 e. The molecule has 0 spiro atoms. The second-order valence-corrected chi connectivity index (χ2v) is 5.61. The van der Waals surface area contributed by atoms with Gasteiger partial charge in [0.2, 0.25) is 5.01 Å². The van der Waals surface area contributed by atoms with E-state index in [1.54, 1.807) is 0 Å². The predicted octanol–water partition coefficient (Wildman–Crippen LogP) is 2.37. The van der Waals surface area contributed by atoms with Crippen LogP contribution in [0.2, 0.25) is 0 Å². The Balaban J connectivity index is 1.76. The van der Waals surface area contributed by atoms with E-state index < -0.39 is 5.97 Å². The Kier molecular flexibility index (Phi) is 4.12. The van der Waals surface area contributed by atoms with Crippen molar-refractivity contribution in [2.75, 3.05) is 6.54 Å². The number of thiazole rings is 1. The lowest BCUT2D eigenvalue weighted by Gasteiger charge is -2.15. The average molecular weight is 254 g/mol. The highest BCUT2D eigenvalue weighted by Crippen LogP contribution is 2.30. The van der Waals surface area contributed by atoms with E-state index in [4.69, 9.17) is 5.11 Å². The molecule has 1 aliphatic carbocycles. The molecular formula is C12H18N2O2S. The molecule has 2 unspecified atom stereocenters. The van der Waals surface area contributed by atoms with Gasteiger partial charge in [-0.05, 0) is 24.8 Å². The van der Waals surface area contributed by atoms with Crippen LogP contribution in [-0.4, -0.2) is 22.6 Å². The molecular weight excluding hydrogens is 236 g/mol. The van der Waals surface area contributed by atoms with Gasteiger partial charge in [-0.2, -0.15) is 0 Å². The van der Waals surface area contributed by atoms with E-state index in [0.29, 0.717) is 6.54 Å². The van der Waals surface area contributed by atoms with Crippen LogP contribution in [0.4, 0.5) is 0 Å². The zero-order valence-corrected chi connectivity index (χ0v) is 10.8. The Labute approximate surface area is 105 Å². The molecule has 0 amide bonds. The molecule has 0 bridgehead atoms. The van der Waals surface area contributed by atoms with Crippen LogP contribution < -0.4 is 5.32 Å². The first kappa shape index (κ1) is 12.5. The molecule has 94 valence electrons. The molecule has 1 aromatic heterocycles. The fourth-order valence-corrected chi connectivity index (χ4v) is 3.05. The highest BCUT2D eigenvalue weighted by Gasteiger charge is 2.22. The monoisotopic (exact) mass is 254 g/mol. The third-order valence-electron chi connectivity index (χ3n) is 3.49. The van der Waals surface area contributed by atoms with Gasteiger partial charge in [0.15, 0.2) is 0 Å². The maximum absolute atomic E-state index is 10.7. The van der Waals surface area contributed by atoms with E-state index >= 15 is 0 Å². The molecule has 2 atom stereocenters. The van der Waals surface area contributed by atoms with Crippen molar-refractivity contribution in [2.45, 2.75) is 32.7 Å². The number of nitrogens with one attached hydrogen (secondary N) is 1. The minimum atomic E-state index is -0.939. The minimum Gasteiger partial charge on any atom is -0.476 e. The lowest BCUT2D eigenvalue weighted by Crippen LogP contribution is -2.24. The number of aromatic carboxylic acids is 1. The van der Waals surface area contributed by atoms with Crippen molar-refractivity contribution in [3.05, 3.63) is 16.1 Å². The summed E-state index contributed by atoms with van der Waals surface area (Å²) in [4.78, 5) is 14.7. The van der Waals surface area contributed by atoms with Gasteiger partial charge in [-0.1, -0.05) is 19.8 Å². The number of hydrogen-bond donors (Lipinski definition) is 2. The summed E-state index contributed by atoms with van der Waals surface area (Å²) in [6, 6.07) is 0. The first-order valence-electron chi connectivity index (χ1n) is 6.05. The van der Waals surface area contributed by atoms with E-state index in [1.807, 2.05) is 5.38 Å². The standard InChI is InChI=1S/C12H18N2O2S/c1-8-3-2-4-9(8)5-13-6-10-7-17-11(14-10)12(15)16/h7-9,13H,2-6H2,1H3,(H,15,16). The molecule has 1 aromatic rings. The number of carboxylic acid groups (broad SMARTS) is 1. The Hall–Kier alpha value is -0.940. The van der Waals surface area contributed by atoms with Crippen LogP contribution in [0, 0.1) is 11.8 Å². The summed E-state index contributed by atoms with van der Waals surface area (Å²) in [6.45, 7) is 4.00. The van der Waals surface area contributed by atoms with Crippen LogP contribution in [0.25, 0.3) is 0 Å². The molecule has 0 saturated heterocycles. The van der Waals surface area contributed by atoms with Crippen LogP contribution in [-0.2, 0) is 6.54 Å². The lowest BCUT2D eigenvalue weighted by molar-refractivity contribution is 0.0696. The summed E-state index contributed by atoms with van der Waals surface area (Å²) < 4.78 is 0. The first-order valence-corrected chi connectivity index (χ1v) is 6.93. The number of nitrogens with zero attached hydrogens (tertiary/aromatic N) is 1. The normalized spacial score (nSPS) is 24.1. The van der Waals surface area contributed by atoms with Crippen LogP contribution in [0.15, 0.2) is 5.38 Å². The maximum Gasteiger partial charge on any atom is 0.365 e. The third kappa shape index (κ3) is 3.26. The molecule has 0 aromatic carbocycles. The molecule has 2 rings (SSSR count). The van der Waals surface area contributed by atoms with Crippen LogP contribution in [0.5, 0.6) is 0 Å². The van der Waals surface area contributed by atoms with Crippen molar-refractivity contribution >= 4 is 17.3 Å². The first-order chi connectivity index (χ1) is 8.16. The fraction of sp³-hybridized carbons (Fsp3) is 0.667. The molecule has 1 saturated carbocycles. The number of hydrogen-bond acceptors (Lipinski definition) is 4. The van der Waals surface area contributed by atoms with Gasteiger partial charge in [-0.3, -0.25) is 0 Å². The maximum atomic E-state index is 10.7. The largest absolute Gasteiger partial charge is 0.476 e. The number of carbonyl (C=O) groups is 1. The summed E-state index contributed by atoms with van der Waals surface area (Å²) >= 11 is 1.19. The van der Waals surface area contributed by atoms with Crippen molar-refractivity contribution < 1.29 is 9.90 Å².